The second-order valence-corrected chi connectivity index (χ2v) is 5.18. The van der Waals surface area contributed by atoms with Gasteiger partial charge < -0.3 is 5.73 Å². The maximum Gasteiger partial charge on any atom is 0.0740 e. The van der Waals surface area contributed by atoms with Gasteiger partial charge in [-0.25, -0.2) is 0 Å². The Labute approximate surface area is 113 Å². The minimum atomic E-state index is 0.425. The molecule has 0 bridgehead atoms. The highest BCUT2D eigenvalue weighted by molar-refractivity contribution is 7.80. The van der Waals surface area contributed by atoms with Crippen molar-refractivity contribution in [3.8, 4) is 0 Å². The van der Waals surface area contributed by atoms with Gasteiger partial charge in [0.1, 0.15) is 0 Å². The van der Waals surface area contributed by atoms with E-state index in [9.17, 15) is 0 Å². The van der Waals surface area contributed by atoms with Crippen LogP contribution in [-0.4, -0.2) is 27.5 Å². The van der Waals surface area contributed by atoms with E-state index in [0.717, 1.165) is 25.1 Å². The largest absolute Gasteiger partial charge is 0.393 e. The van der Waals surface area contributed by atoms with Crippen molar-refractivity contribution in [2.45, 2.75) is 32.9 Å². The molecule has 1 aromatic heterocycles. The van der Waals surface area contributed by atoms with Gasteiger partial charge in [-0.3, -0.25) is 9.88 Å². The van der Waals surface area contributed by atoms with Gasteiger partial charge in [-0.15, -0.1) is 0 Å². The fourth-order valence-electron chi connectivity index (χ4n) is 1.52. The van der Waals surface area contributed by atoms with Gasteiger partial charge in [-0.1, -0.05) is 23.8 Å². The number of pyridine rings is 1. The fourth-order valence-corrected chi connectivity index (χ4v) is 1.80. The molecule has 0 aliphatic carbocycles. The Kier molecular flexibility index (Phi) is 5.82. The molecule has 0 aliphatic heterocycles. The molecule has 17 heavy (non-hydrogen) atoms. The summed E-state index contributed by atoms with van der Waals surface area (Å²) in [5, 5.41) is 0.702. The average molecular weight is 272 g/mol. The van der Waals surface area contributed by atoms with Crippen molar-refractivity contribution in [3.63, 3.8) is 0 Å². The summed E-state index contributed by atoms with van der Waals surface area (Å²) in [5.41, 5.74) is 6.61. The Bertz CT molecular complexity index is 382. The quantitative estimate of drug-likeness (QED) is 0.808. The van der Waals surface area contributed by atoms with Crippen LogP contribution in [0.3, 0.4) is 0 Å². The van der Waals surface area contributed by atoms with Gasteiger partial charge in [-0.2, -0.15) is 0 Å². The smallest absolute Gasteiger partial charge is 0.0740 e. The minimum absolute atomic E-state index is 0.425. The van der Waals surface area contributed by atoms with E-state index in [-0.39, 0.29) is 0 Å². The van der Waals surface area contributed by atoms with E-state index < -0.39 is 0 Å². The first-order valence-electron chi connectivity index (χ1n) is 5.61. The maximum atomic E-state index is 6.10. The Morgan fingerprint density at radius 1 is 1.59 bits per heavy atom. The standard InChI is InChI=1S/C12H18ClN3S/c1-9(2)16(6-4-12(14)17)8-10-3-5-15-7-11(10)13/h3,5,7,9H,4,6,8H2,1-2H3,(H2,14,17). The molecule has 0 unspecified atom stereocenters. The summed E-state index contributed by atoms with van der Waals surface area (Å²) in [6, 6.07) is 2.37. The van der Waals surface area contributed by atoms with Crippen molar-refractivity contribution >= 4 is 28.8 Å². The number of nitrogens with two attached hydrogens (primary N) is 1. The first-order chi connectivity index (χ1) is 8.00. The van der Waals surface area contributed by atoms with Crippen molar-refractivity contribution in [2.24, 2.45) is 5.73 Å². The van der Waals surface area contributed by atoms with Crippen LogP contribution >= 0.6 is 23.8 Å². The second kappa shape index (κ2) is 6.89. The molecule has 0 aliphatic rings. The number of hydrogen-bond acceptors (Lipinski definition) is 3. The zero-order valence-corrected chi connectivity index (χ0v) is 11.8. The highest BCUT2D eigenvalue weighted by Gasteiger charge is 2.12. The lowest BCUT2D eigenvalue weighted by atomic mass is 10.2. The van der Waals surface area contributed by atoms with Crippen LogP contribution in [0.25, 0.3) is 0 Å². The lowest BCUT2D eigenvalue weighted by molar-refractivity contribution is 0.219. The van der Waals surface area contributed by atoms with Gasteiger partial charge >= 0.3 is 0 Å². The van der Waals surface area contributed by atoms with Gasteiger partial charge in [0.25, 0.3) is 0 Å². The topological polar surface area (TPSA) is 42.1 Å². The Morgan fingerprint density at radius 3 is 2.82 bits per heavy atom. The molecule has 0 radical (unpaired) electrons. The maximum absolute atomic E-state index is 6.10. The van der Waals surface area contributed by atoms with Crippen LogP contribution in [0.1, 0.15) is 25.8 Å². The molecule has 1 rings (SSSR count). The molecule has 0 saturated carbocycles. The van der Waals surface area contributed by atoms with Crippen LogP contribution < -0.4 is 5.73 Å². The van der Waals surface area contributed by atoms with Crippen LogP contribution in [0.5, 0.6) is 0 Å². The third kappa shape index (κ3) is 4.98. The van der Waals surface area contributed by atoms with E-state index in [1.54, 1.807) is 12.4 Å². The number of thiocarbonyl (C=S) groups is 1. The zero-order chi connectivity index (χ0) is 12.8. The third-order valence-corrected chi connectivity index (χ3v) is 3.15. The molecule has 1 aromatic rings. The summed E-state index contributed by atoms with van der Waals surface area (Å²) in [6.07, 6.45) is 4.16. The SMILES string of the molecule is CC(C)N(CCC(N)=S)Cc1ccncc1Cl. The van der Waals surface area contributed by atoms with Crippen LogP contribution in [-0.2, 0) is 6.54 Å². The van der Waals surface area contributed by atoms with E-state index in [0.29, 0.717) is 16.1 Å². The number of nitrogens with zero attached hydrogens (tertiary/aromatic N) is 2. The van der Waals surface area contributed by atoms with Gasteiger partial charge in [-0.05, 0) is 25.5 Å². The Balaban J connectivity index is 2.67. The number of aromatic nitrogens is 1. The molecule has 1 heterocycles. The van der Waals surface area contributed by atoms with Crippen LogP contribution in [0.2, 0.25) is 5.02 Å². The van der Waals surface area contributed by atoms with Crippen LogP contribution in [0, 0.1) is 0 Å². The predicted octanol–water partition coefficient (Wildman–Crippen LogP) is 2.62. The van der Waals surface area contributed by atoms with Crippen LogP contribution in [0.15, 0.2) is 18.5 Å². The molecule has 3 nitrogen and oxygen atoms in total. The normalized spacial score (nSPS) is 11.1. The van der Waals surface area contributed by atoms with Crippen molar-refractivity contribution < 1.29 is 0 Å². The molecular weight excluding hydrogens is 254 g/mol. The molecular formula is C12H18ClN3S. The molecule has 0 saturated heterocycles. The fraction of sp³-hybridized carbons (Fsp3) is 0.500. The van der Waals surface area contributed by atoms with Gasteiger partial charge in [0.05, 0.1) is 10.0 Å². The van der Waals surface area contributed by atoms with Crippen molar-refractivity contribution in [1.29, 1.82) is 0 Å². The zero-order valence-electron chi connectivity index (χ0n) is 10.2. The Morgan fingerprint density at radius 2 is 2.29 bits per heavy atom. The number of rotatable bonds is 6. The summed E-state index contributed by atoms with van der Waals surface area (Å²) in [7, 11) is 0. The summed E-state index contributed by atoms with van der Waals surface area (Å²) in [6.45, 7) is 5.94. The Hall–Kier alpha value is -0.710. The van der Waals surface area contributed by atoms with Gasteiger partial charge in [0.15, 0.2) is 0 Å². The van der Waals surface area contributed by atoms with Gasteiger partial charge in [0, 0.05) is 37.9 Å². The molecule has 0 fully saturated rings. The predicted molar refractivity (Wildman–Crippen MR) is 76.2 cm³/mol. The molecule has 0 aromatic carbocycles. The molecule has 0 atom stereocenters. The molecule has 0 spiro atoms. The van der Waals surface area contributed by atoms with Crippen molar-refractivity contribution in [2.75, 3.05) is 6.54 Å². The summed E-state index contributed by atoms with van der Waals surface area (Å²) in [4.78, 5) is 6.82. The monoisotopic (exact) mass is 271 g/mol. The van der Waals surface area contributed by atoms with Crippen LogP contribution in [0.4, 0.5) is 0 Å². The summed E-state index contributed by atoms with van der Waals surface area (Å²) in [5.74, 6) is 0. The molecule has 5 heteroatoms. The van der Waals surface area contributed by atoms with E-state index >= 15 is 0 Å². The number of hydrogen-bond donors (Lipinski definition) is 1. The van der Waals surface area contributed by atoms with Crippen molar-refractivity contribution in [3.05, 3.63) is 29.0 Å². The van der Waals surface area contributed by atoms with E-state index in [1.807, 2.05) is 6.07 Å². The minimum Gasteiger partial charge on any atom is -0.393 e. The number of halogens is 1. The van der Waals surface area contributed by atoms with E-state index in [4.69, 9.17) is 29.6 Å². The third-order valence-electron chi connectivity index (χ3n) is 2.61. The average Bonchev–Trinajstić information content (AvgIpc) is 2.25. The first-order valence-corrected chi connectivity index (χ1v) is 6.40. The van der Waals surface area contributed by atoms with E-state index in [2.05, 4.69) is 23.7 Å². The summed E-state index contributed by atoms with van der Waals surface area (Å²) < 4.78 is 0. The molecule has 0 amide bonds. The first kappa shape index (κ1) is 14.4. The van der Waals surface area contributed by atoms with Gasteiger partial charge in [0.2, 0.25) is 0 Å². The lowest BCUT2D eigenvalue weighted by Crippen LogP contribution is -2.33. The van der Waals surface area contributed by atoms with Crippen molar-refractivity contribution in [1.82, 2.24) is 9.88 Å². The summed E-state index contributed by atoms with van der Waals surface area (Å²) >= 11 is 11.0. The highest BCUT2D eigenvalue weighted by atomic mass is 35.5. The second-order valence-electron chi connectivity index (χ2n) is 4.25. The molecule has 2 N–H and O–H groups in total. The molecule has 94 valence electrons. The lowest BCUT2D eigenvalue weighted by Gasteiger charge is -2.26. The van der Waals surface area contributed by atoms with E-state index in [1.165, 1.54) is 0 Å². The highest BCUT2D eigenvalue weighted by Crippen LogP contribution is 2.17.